The van der Waals surface area contributed by atoms with Crippen molar-refractivity contribution >= 4 is 25.7 Å². The summed E-state index contributed by atoms with van der Waals surface area (Å²) in [6.45, 7) is 4.13. The molecule has 0 rings (SSSR count). The minimum absolute atomic E-state index is 0.0704. The van der Waals surface area contributed by atoms with Gasteiger partial charge in [-0.15, -0.1) is 0 Å². The van der Waals surface area contributed by atoms with Gasteiger partial charge >= 0.3 is 25.7 Å². The minimum atomic E-state index is -4.79. The highest BCUT2D eigenvalue weighted by Gasteiger charge is 2.28. The molecule has 0 amide bonds. The van der Waals surface area contributed by atoms with Gasteiger partial charge in [0.2, 0.25) is 0 Å². The SMILES string of the molecule is CC/C=C\C/C=C\C/C=C\C/C=C\C/C=C\CCCC(=O)OC(COC(=O)CCCCCC/C=C\C/C=C\C/C=C\C/C=C\CC)COP(=O)(O)OCC(CO)OC(=O)CCCC/C=C\C/C=C\C/C=C\C/C=C\CC. The topological polar surface area (TPSA) is 155 Å². The molecule has 0 aliphatic carbocycles. The van der Waals surface area contributed by atoms with Crippen molar-refractivity contribution in [2.75, 3.05) is 26.4 Å². The van der Waals surface area contributed by atoms with Crippen LogP contribution < -0.4 is 0 Å². The second-order valence-electron chi connectivity index (χ2n) is 18.0. The fourth-order valence-electron chi connectivity index (χ4n) is 6.72. The van der Waals surface area contributed by atoms with Crippen molar-refractivity contribution in [2.45, 2.75) is 200 Å². The fourth-order valence-corrected chi connectivity index (χ4v) is 7.51. The van der Waals surface area contributed by atoms with E-state index in [-0.39, 0.29) is 25.9 Å². The van der Waals surface area contributed by atoms with Crippen molar-refractivity contribution in [1.29, 1.82) is 0 Å². The Morgan fingerprint density at radius 3 is 1.05 bits per heavy atom. The summed E-state index contributed by atoms with van der Waals surface area (Å²) < 4.78 is 39.4. The molecular formula is C64H99O11P. The summed E-state index contributed by atoms with van der Waals surface area (Å²) >= 11 is 0. The molecule has 3 unspecified atom stereocenters. The maximum absolute atomic E-state index is 12.9. The third-order valence-corrected chi connectivity index (χ3v) is 11.9. The van der Waals surface area contributed by atoms with Gasteiger partial charge in [-0.2, -0.15) is 0 Å². The van der Waals surface area contributed by atoms with Crippen LogP contribution in [0.2, 0.25) is 0 Å². The number of phosphoric acid groups is 1. The third-order valence-electron chi connectivity index (χ3n) is 10.9. The maximum Gasteiger partial charge on any atom is 0.472 e. The first kappa shape index (κ1) is 71.1. The zero-order valence-electron chi connectivity index (χ0n) is 46.9. The number of phosphoric ester groups is 1. The van der Waals surface area contributed by atoms with E-state index >= 15 is 0 Å². The highest BCUT2D eigenvalue weighted by atomic mass is 31.2. The number of carbonyl (C=O) groups excluding carboxylic acids is 3. The fraction of sp³-hybridized carbons (Fsp3) is 0.547. The molecule has 11 nitrogen and oxygen atoms in total. The van der Waals surface area contributed by atoms with Gasteiger partial charge < -0.3 is 24.2 Å². The van der Waals surface area contributed by atoms with Crippen molar-refractivity contribution in [3.05, 3.63) is 158 Å². The number of aliphatic hydroxyl groups is 1. The number of esters is 3. The van der Waals surface area contributed by atoms with Crippen LogP contribution in [0.4, 0.5) is 0 Å². The van der Waals surface area contributed by atoms with Crippen LogP contribution in [0.25, 0.3) is 0 Å². The number of hydrogen-bond acceptors (Lipinski definition) is 10. The molecule has 426 valence electrons. The van der Waals surface area contributed by atoms with Crippen LogP contribution in [0.15, 0.2) is 158 Å². The summed E-state index contributed by atoms with van der Waals surface area (Å²) in [7, 11) is -4.79. The second-order valence-corrected chi connectivity index (χ2v) is 19.4. The van der Waals surface area contributed by atoms with Gasteiger partial charge in [0.15, 0.2) is 6.10 Å². The molecule has 0 saturated carbocycles. The second kappa shape index (κ2) is 56.3. The van der Waals surface area contributed by atoms with Gasteiger partial charge in [-0.3, -0.25) is 23.4 Å². The van der Waals surface area contributed by atoms with Crippen molar-refractivity contribution < 1.29 is 52.2 Å². The molecule has 3 atom stereocenters. The number of carbonyl (C=O) groups is 3. The predicted molar refractivity (Wildman–Crippen MR) is 315 cm³/mol. The summed E-state index contributed by atoms with van der Waals surface area (Å²) in [4.78, 5) is 48.5. The first-order valence-corrected chi connectivity index (χ1v) is 29.9. The van der Waals surface area contributed by atoms with E-state index in [0.717, 1.165) is 122 Å². The molecule has 0 aromatic rings. The van der Waals surface area contributed by atoms with Crippen LogP contribution in [0, 0.1) is 0 Å². The van der Waals surface area contributed by atoms with Gasteiger partial charge in [-0.1, -0.05) is 192 Å². The minimum Gasteiger partial charge on any atom is -0.462 e. The largest absolute Gasteiger partial charge is 0.472 e. The zero-order valence-corrected chi connectivity index (χ0v) is 47.8. The van der Waals surface area contributed by atoms with Crippen molar-refractivity contribution in [3.63, 3.8) is 0 Å². The molecule has 0 aromatic carbocycles. The molecule has 12 heteroatoms. The normalized spacial score (nSPS) is 14.5. The Morgan fingerprint density at radius 2 is 0.658 bits per heavy atom. The predicted octanol–water partition coefficient (Wildman–Crippen LogP) is 16.9. The van der Waals surface area contributed by atoms with E-state index in [9.17, 15) is 28.9 Å². The summed E-state index contributed by atoms with van der Waals surface area (Å²) in [5, 5.41) is 9.81. The van der Waals surface area contributed by atoms with E-state index in [1.165, 1.54) is 0 Å². The lowest BCUT2D eigenvalue weighted by atomic mass is 10.1. The average Bonchev–Trinajstić information content (AvgIpc) is 3.41. The molecule has 0 aliphatic heterocycles. The molecule has 0 fully saturated rings. The standard InChI is InChI=1S/C64H99O11P/c1-4-7-10-13-16-19-22-25-28-30-33-35-38-41-44-47-50-53-62(66)71-57-61(75-64(68)55-52-49-46-43-40-37-34-31-29-26-23-20-17-14-11-8-5-2)59-73-76(69,70)72-58-60(56-65)74-63(67)54-51-48-45-42-39-36-32-27-24-21-18-15-12-9-6-3/h7-12,16-21,25-29,32-35,37,39,42-43,46,60-61,65H,4-6,13-15,22-24,30-31,36,38,40-41,44-45,47-59H2,1-3H3,(H,69,70)/b10-7-,11-8-,12-9-,19-16-,20-17-,21-18-,28-25-,29-26-,32-27-,35-33-,37-34-,42-39-,46-43-. The lowest BCUT2D eigenvalue weighted by molar-refractivity contribution is -0.161. The van der Waals surface area contributed by atoms with Crippen molar-refractivity contribution in [3.8, 4) is 0 Å². The number of allylic oxidation sites excluding steroid dienone is 26. The van der Waals surface area contributed by atoms with Gasteiger partial charge in [0.05, 0.1) is 19.8 Å². The molecule has 76 heavy (non-hydrogen) atoms. The Morgan fingerprint density at radius 1 is 0.368 bits per heavy atom. The first-order valence-electron chi connectivity index (χ1n) is 28.4. The number of hydrogen-bond donors (Lipinski definition) is 2. The number of aliphatic hydroxyl groups excluding tert-OH is 1. The van der Waals surface area contributed by atoms with Crippen LogP contribution in [0.3, 0.4) is 0 Å². The first-order chi connectivity index (χ1) is 37.2. The monoisotopic (exact) mass is 1070 g/mol. The Kier molecular flexibility index (Phi) is 52.7. The quantitative estimate of drug-likeness (QED) is 0.0197. The van der Waals surface area contributed by atoms with E-state index < -0.39 is 57.8 Å². The molecule has 0 aliphatic rings. The Labute approximate surface area is 460 Å². The van der Waals surface area contributed by atoms with Crippen LogP contribution in [0.1, 0.15) is 188 Å². The van der Waals surface area contributed by atoms with E-state index in [1.54, 1.807) is 0 Å². The van der Waals surface area contributed by atoms with E-state index in [4.69, 9.17) is 23.3 Å². The number of rotatable bonds is 50. The molecule has 0 aromatic heterocycles. The maximum atomic E-state index is 12.9. The van der Waals surface area contributed by atoms with Crippen molar-refractivity contribution in [2.24, 2.45) is 0 Å². The number of ether oxygens (including phenoxy) is 3. The Balaban J connectivity index is 4.93. The molecule has 0 spiro atoms. The van der Waals surface area contributed by atoms with Gasteiger partial charge in [-0.25, -0.2) is 4.57 Å². The molecule has 0 radical (unpaired) electrons. The molecule has 2 N–H and O–H groups in total. The summed E-state index contributed by atoms with van der Waals surface area (Å²) in [5.41, 5.74) is 0. The number of unbranched alkanes of at least 4 members (excludes halogenated alkanes) is 7. The lowest BCUT2D eigenvalue weighted by Gasteiger charge is -2.21. The van der Waals surface area contributed by atoms with E-state index in [1.807, 2.05) is 12.2 Å². The van der Waals surface area contributed by atoms with Crippen LogP contribution >= 0.6 is 7.82 Å². The van der Waals surface area contributed by atoms with Gasteiger partial charge in [0.25, 0.3) is 0 Å². The summed E-state index contributed by atoms with van der Waals surface area (Å²) in [6, 6.07) is 0. The van der Waals surface area contributed by atoms with E-state index in [0.29, 0.717) is 25.7 Å². The van der Waals surface area contributed by atoms with Gasteiger partial charge in [0.1, 0.15) is 12.7 Å². The molecule has 0 heterocycles. The van der Waals surface area contributed by atoms with Crippen LogP contribution in [0.5, 0.6) is 0 Å². The Hall–Kier alpha value is -4.90. The van der Waals surface area contributed by atoms with Gasteiger partial charge in [-0.05, 0) is 135 Å². The summed E-state index contributed by atoms with van der Waals surface area (Å²) in [6.07, 6.45) is 73.6. The molecule has 0 bridgehead atoms. The average molecular weight is 1080 g/mol. The third kappa shape index (κ3) is 53.9. The van der Waals surface area contributed by atoms with E-state index in [2.05, 4.69) is 167 Å². The molecule has 0 saturated heterocycles. The van der Waals surface area contributed by atoms with Crippen LogP contribution in [-0.2, 0) is 42.2 Å². The highest BCUT2D eigenvalue weighted by Crippen LogP contribution is 2.43. The lowest BCUT2D eigenvalue weighted by Crippen LogP contribution is -2.30. The zero-order chi connectivity index (χ0) is 55.5. The van der Waals surface area contributed by atoms with Crippen molar-refractivity contribution in [1.82, 2.24) is 0 Å². The smallest absolute Gasteiger partial charge is 0.462 e. The van der Waals surface area contributed by atoms with Gasteiger partial charge in [0, 0.05) is 19.3 Å². The Bertz CT molecular complexity index is 1880. The van der Waals surface area contributed by atoms with Crippen LogP contribution in [-0.4, -0.2) is 66.5 Å². The highest BCUT2D eigenvalue weighted by molar-refractivity contribution is 7.47. The molecular weight excluding hydrogens is 976 g/mol. The summed E-state index contributed by atoms with van der Waals surface area (Å²) in [5.74, 6) is -1.63.